The largest absolute Gasteiger partial charge is 0.478 e. The summed E-state index contributed by atoms with van der Waals surface area (Å²) in [5.41, 5.74) is 7.24. The number of carboxylic acids is 1. The summed E-state index contributed by atoms with van der Waals surface area (Å²) < 4.78 is 0. The molecule has 2 aromatic rings. The van der Waals surface area contributed by atoms with Crippen LogP contribution in [0.3, 0.4) is 0 Å². The van der Waals surface area contributed by atoms with E-state index in [0.717, 1.165) is 10.4 Å². The van der Waals surface area contributed by atoms with Crippen molar-refractivity contribution in [2.75, 3.05) is 5.73 Å². The van der Waals surface area contributed by atoms with E-state index in [-0.39, 0.29) is 5.56 Å². The summed E-state index contributed by atoms with van der Waals surface area (Å²) in [6, 6.07) is 9.52. The van der Waals surface area contributed by atoms with Crippen LogP contribution in [0.15, 0.2) is 35.7 Å². The Morgan fingerprint density at radius 3 is 2.47 bits per heavy atom. The summed E-state index contributed by atoms with van der Waals surface area (Å²) in [6.07, 6.45) is 0. The first kappa shape index (κ1) is 9.73. The molecule has 0 aliphatic carbocycles. The Hall–Kier alpha value is -1.81. The third-order valence-electron chi connectivity index (χ3n) is 2.10. The summed E-state index contributed by atoms with van der Waals surface area (Å²) in [4.78, 5) is 11.6. The van der Waals surface area contributed by atoms with Crippen molar-refractivity contribution in [2.24, 2.45) is 0 Å². The van der Waals surface area contributed by atoms with Crippen LogP contribution in [-0.4, -0.2) is 11.1 Å². The van der Waals surface area contributed by atoms with Crippen LogP contribution in [0, 0.1) is 0 Å². The molecular weight excluding hydrogens is 210 g/mol. The third-order valence-corrected chi connectivity index (χ3v) is 3.14. The monoisotopic (exact) mass is 219 g/mol. The second kappa shape index (κ2) is 3.74. The first-order valence-electron chi connectivity index (χ1n) is 4.36. The zero-order valence-electron chi connectivity index (χ0n) is 7.81. The van der Waals surface area contributed by atoms with E-state index in [1.165, 1.54) is 11.3 Å². The predicted octanol–water partition coefficient (Wildman–Crippen LogP) is 2.70. The molecule has 1 heterocycles. The van der Waals surface area contributed by atoms with E-state index >= 15 is 0 Å². The number of hydrogen-bond acceptors (Lipinski definition) is 3. The van der Waals surface area contributed by atoms with Gasteiger partial charge in [0.2, 0.25) is 0 Å². The fraction of sp³-hybridized carbons (Fsp3) is 0. The van der Waals surface area contributed by atoms with Gasteiger partial charge in [0.1, 0.15) is 0 Å². The number of benzene rings is 1. The molecule has 0 saturated carbocycles. The molecule has 4 heteroatoms. The maximum atomic E-state index is 10.8. The van der Waals surface area contributed by atoms with E-state index < -0.39 is 5.97 Å². The van der Waals surface area contributed by atoms with Crippen LogP contribution in [0.4, 0.5) is 5.69 Å². The maximum absolute atomic E-state index is 10.8. The van der Waals surface area contributed by atoms with Gasteiger partial charge in [-0.3, -0.25) is 0 Å². The Morgan fingerprint density at radius 2 is 1.93 bits per heavy atom. The molecule has 0 amide bonds. The summed E-state index contributed by atoms with van der Waals surface area (Å²) in [5.74, 6) is -0.981. The number of carbonyl (C=O) groups is 1. The van der Waals surface area contributed by atoms with Crippen molar-refractivity contribution in [2.45, 2.75) is 0 Å². The summed E-state index contributed by atoms with van der Waals surface area (Å²) in [5, 5.41) is 10.4. The molecule has 3 nitrogen and oxygen atoms in total. The van der Waals surface area contributed by atoms with Gasteiger partial charge in [-0.25, -0.2) is 4.79 Å². The number of rotatable bonds is 2. The quantitative estimate of drug-likeness (QED) is 0.816. The Kier molecular flexibility index (Phi) is 2.43. The van der Waals surface area contributed by atoms with Crippen molar-refractivity contribution in [1.29, 1.82) is 0 Å². The molecule has 0 bridgehead atoms. The highest BCUT2D eigenvalue weighted by Gasteiger charge is 2.14. The number of hydrogen-bond donors (Lipinski definition) is 2. The second-order valence-electron chi connectivity index (χ2n) is 3.06. The molecule has 3 N–H and O–H groups in total. The lowest BCUT2D eigenvalue weighted by molar-refractivity contribution is 0.0698. The van der Waals surface area contributed by atoms with Crippen LogP contribution >= 0.6 is 11.3 Å². The molecule has 0 unspecified atom stereocenters. The smallest absolute Gasteiger partial charge is 0.338 e. The molecule has 76 valence electrons. The van der Waals surface area contributed by atoms with Crippen LogP contribution in [0.1, 0.15) is 10.4 Å². The first-order valence-corrected chi connectivity index (χ1v) is 5.24. The Balaban J connectivity index is 2.52. The lowest BCUT2D eigenvalue weighted by Gasteiger charge is -1.99. The van der Waals surface area contributed by atoms with Crippen LogP contribution in [-0.2, 0) is 0 Å². The molecule has 0 radical (unpaired) electrons. The van der Waals surface area contributed by atoms with Gasteiger partial charge in [0.05, 0.1) is 16.1 Å². The van der Waals surface area contributed by atoms with Gasteiger partial charge in [0, 0.05) is 5.38 Å². The minimum Gasteiger partial charge on any atom is -0.478 e. The van der Waals surface area contributed by atoms with Gasteiger partial charge in [0.15, 0.2) is 0 Å². The minimum absolute atomic E-state index is 0.179. The molecule has 0 fully saturated rings. The normalized spacial score (nSPS) is 10.1. The fourth-order valence-electron chi connectivity index (χ4n) is 1.35. The van der Waals surface area contributed by atoms with Gasteiger partial charge < -0.3 is 10.8 Å². The topological polar surface area (TPSA) is 63.3 Å². The second-order valence-corrected chi connectivity index (χ2v) is 3.94. The molecule has 15 heavy (non-hydrogen) atoms. The van der Waals surface area contributed by atoms with Crippen molar-refractivity contribution in [3.8, 4) is 10.4 Å². The molecule has 0 saturated heterocycles. The van der Waals surface area contributed by atoms with E-state index in [1.54, 1.807) is 5.38 Å². The highest BCUT2D eigenvalue weighted by atomic mass is 32.1. The molecule has 1 aromatic heterocycles. The summed E-state index contributed by atoms with van der Waals surface area (Å²) >= 11 is 1.35. The van der Waals surface area contributed by atoms with Crippen molar-refractivity contribution in [3.05, 3.63) is 41.3 Å². The van der Waals surface area contributed by atoms with E-state index in [9.17, 15) is 4.79 Å². The van der Waals surface area contributed by atoms with Gasteiger partial charge in [-0.1, -0.05) is 30.3 Å². The highest BCUT2D eigenvalue weighted by molar-refractivity contribution is 7.14. The van der Waals surface area contributed by atoms with Gasteiger partial charge in [-0.05, 0) is 5.56 Å². The van der Waals surface area contributed by atoms with E-state index in [1.807, 2.05) is 30.3 Å². The molecule has 0 atom stereocenters. The van der Waals surface area contributed by atoms with E-state index in [0.29, 0.717) is 5.69 Å². The third kappa shape index (κ3) is 1.71. The Morgan fingerprint density at radius 1 is 1.27 bits per heavy atom. The van der Waals surface area contributed by atoms with Gasteiger partial charge in [-0.15, -0.1) is 11.3 Å². The maximum Gasteiger partial charge on any atom is 0.338 e. The van der Waals surface area contributed by atoms with Crippen LogP contribution in [0.25, 0.3) is 10.4 Å². The van der Waals surface area contributed by atoms with Crippen molar-refractivity contribution in [3.63, 3.8) is 0 Å². The minimum atomic E-state index is -0.981. The summed E-state index contributed by atoms with van der Waals surface area (Å²) in [6.45, 7) is 0. The molecule has 1 aromatic carbocycles. The van der Waals surface area contributed by atoms with Crippen molar-refractivity contribution < 1.29 is 9.90 Å². The zero-order chi connectivity index (χ0) is 10.8. The molecule has 0 spiro atoms. The number of thiophene rings is 1. The summed E-state index contributed by atoms with van der Waals surface area (Å²) in [7, 11) is 0. The SMILES string of the molecule is Nc1c(C(=O)O)csc1-c1ccccc1. The van der Waals surface area contributed by atoms with Gasteiger partial charge in [0.25, 0.3) is 0 Å². The van der Waals surface area contributed by atoms with E-state index in [2.05, 4.69) is 0 Å². The molecular formula is C11H9NO2S. The molecule has 2 rings (SSSR count). The molecule has 0 aliphatic heterocycles. The van der Waals surface area contributed by atoms with Gasteiger partial charge >= 0.3 is 5.97 Å². The Bertz CT molecular complexity index is 491. The number of anilines is 1. The lowest BCUT2D eigenvalue weighted by Crippen LogP contribution is -1.99. The molecule has 0 aliphatic rings. The van der Waals surface area contributed by atoms with Crippen molar-refractivity contribution in [1.82, 2.24) is 0 Å². The average molecular weight is 219 g/mol. The number of nitrogen functional groups attached to an aromatic ring is 1. The van der Waals surface area contributed by atoms with E-state index in [4.69, 9.17) is 10.8 Å². The first-order chi connectivity index (χ1) is 7.20. The average Bonchev–Trinajstić information content (AvgIpc) is 2.61. The van der Waals surface area contributed by atoms with Crippen LogP contribution < -0.4 is 5.73 Å². The number of carboxylic acid groups (broad SMARTS) is 1. The van der Waals surface area contributed by atoms with Gasteiger partial charge in [-0.2, -0.15) is 0 Å². The van der Waals surface area contributed by atoms with Crippen LogP contribution in [0.5, 0.6) is 0 Å². The van der Waals surface area contributed by atoms with Crippen molar-refractivity contribution >= 4 is 23.0 Å². The lowest BCUT2D eigenvalue weighted by atomic mass is 10.1. The zero-order valence-corrected chi connectivity index (χ0v) is 8.62. The fourth-order valence-corrected chi connectivity index (χ4v) is 2.32. The highest BCUT2D eigenvalue weighted by Crippen LogP contribution is 2.34. The van der Waals surface area contributed by atoms with Crippen LogP contribution in [0.2, 0.25) is 0 Å². The standard InChI is InChI=1S/C11H9NO2S/c12-9-8(11(13)14)6-15-10(9)7-4-2-1-3-5-7/h1-6H,12H2,(H,13,14). The Labute approximate surface area is 90.8 Å². The predicted molar refractivity (Wildman–Crippen MR) is 61.1 cm³/mol. The number of nitrogens with two attached hydrogens (primary N) is 1. The number of aromatic carboxylic acids is 1.